The van der Waals surface area contributed by atoms with Gasteiger partial charge in [-0.25, -0.2) is 18.4 Å². The Morgan fingerprint density at radius 3 is 2.51 bits per heavy atom. The first kappa shape index (κ1) is 34.9. The van der Waals surface area contributed by atoms with Crippen LogP contribution in [0.1, 0.15) is 47.3 Å². The molecule has 252 valence electrons. The summed E-state index contributed by atoms with van der Waals surface area (Å²) >= 11 is 0. The fourth-order valence-corrected chi connectivity index (χ4v) is 5.27. The molecule has 2 aromatic heterocycles. The molecule has 4 rings (SSSR count). The lowest BCUT2D eigenvalue weighted by molar-refractivity contribution is -0.137. The molecule has 2 amide bonds. The Morgan fingerprint density at radius 2 is 1.85 bits per heavy atom. The number of methoxy groups -OCH3 is 1. The topological polar surface area (TPSA) is 180 Å². The molecule has 1 aliphatic rings. The number of carbonyl (C=O) groups is 2. The number of hydrogen-bond donors (Lipinski definition) is 5. The van der Waals surface area contributed by atoms with Gasteiger partial charge in [0, 0.05) is 43.8 Å². The number of anilines is 4. The predicted molar refractivity (Wildman–Crippen MR) is 168 cm³/mol. The van der Waals surface area contributed by atoms with E-state index in [0.29, 0.717) is 18.3 Å². The Labute approximate surface area is 270 Å². The first-order valence-electron chi connectivity index (χ1n) is 14.4. The normalized spacial score (nSPS) is 16.2. The van der Waals surface area contributed by atoms with Gasteiger partial charge in [0.25, 0.3) is 5.91 Å². The van der Waals surface area contributed by atoms with Crippen molar-refractivity contribution in [1.29, 1.82) is 0 Å². The number of aromatic nitrogens is 4. The highest BCUT2D eigenvalue weighted by Crippen LogP contribution is 2.35. The molecule has 1 aliphatic carbocycles. The summed E-state index contributed by atoms with van der Waals surface area (Å²) in [6.07, 6.45) is 2.87. The minimum atomic E-state index is -4.81. The highest BCUT2D eigenvalue weighted by Gasteiger charge is 2.35. The Morgan fingerprint density at radius 1 is 1.13 bits per heavy atom. The number of rotatable bonds is 13. The zero-order valence-electron chi connectivity index (χ0n) is 25.5. The van der Waals surface area contributed by atoms with Gasteiger partial charge in [-0.05, 0) is 55.9 Å². The molecule has 0 unspecified atom stereocenters. The monoisotopic (exact) mass is 677 g/mol. The van der Waals surface area contributed by atoms with E-state index in [0.717, 1.165) is 30.0 Å². The van der Waals surface area contributed by atoms with Crippen LogP contribution in [0, 0.1) is 5.92 Å². The number of halogens is 3. The lowest BCUT2D eigenvalue weighted by atomic mass is 9.86. The van der Waals surface area contributed by atoms with Crippen LogP contribution in [0.2, 0.25) is 0 Å². The third-order valence-electron chi connectivity index (χ3n) is 7.46. The van der Waals surface area contributed by atoms with Crippen LogP contribution in [-0.4, -0.2) is 66.9 Å². The van der Waals surface area contributed by atoms with Crippen molar-refractivity contribution in [3.63, 3.8) is 0 Å². The molecule has 0 aliphatic heterocycles. The van der Waals surface area contributed by atoms with E-state index >= 15 is 0 Å². The maximum Gasteiger partial charge on any atom is 0.421 e. The maximum atomic E-state index is 13.8. The Balaban J connectivity index is 1.44. The molecule has 4 N–H and O–H groups in total. The van der Waals surface area contributed by atoms with Gasteiger partial charge in [-0.1, -0.05) is 6.58 Å². The van der Waals surface area contributed by atoms with Gasteiger partial charge in [-0.2, -0.15) is 18.2 Å². The van der Waals surface area contributed by atoms with Gasteiger partial charge >= 0.3 is 6.18 Å². The molecule has 0 atom stereocenters. The number of amides is 2. The average Bonchev–Trinajstić information content (AvgIpc) is 3.06. The number of alkyl halides is 3. The summed E-state index contributed by atoms with van der Waals surface area (Å²) in [5.41, 5.74) is -0.507. The third-order valence-corrected chi connectivity index (χ3v) is 8.14. The molecule has 1 saturated carbocycles. The Bertz CT molecular complexity index is 1670. The van der Waals surface area contributed by atoms with E-state index in [1.807, 2.05) is 0 Å². The van der Waals surface area contributed by atoms with E-state index in [2.05, 4.69) is 47.8 Å². The molecule has 18 heteroatoms. The van der Waals surface area contributed by atoms with Gasteiger partial charge < -0.3 is 26.0 Å². The Hall–Kier alpha value is -5.00. The summed E-state index contributed by atoms with van der Waals surface area (Å²) in [6.45, 7) is 3.58. The van der Waals surface area contributed by atoms with Gasteiger partial charge in [0.1, 0.15) is 22.8 Å². The number of nitrogens with zero attached hydrogens (tertiary/aromatic N) is 5. The molecule has 1 aromatic carbocycles. The van der Waals surface area contributed by atoms with Crippen molar-refractivity contribution in [2.24, 2.45) is 5.92 Å². The molecule has 1 fully saturated rings. The van der Waals surface area contributed by atoms with Crippen LogP contribution in [0.25, 0.3) is 0 Å². The largest absolute Gasteiger partial charge is 0.495 e. The van der Waals surface area contributed by atoms with Crippen LogP contribution in [0.3, 0.4) is 0 Å². The van der Waals surface area contributed by atoms with Gasteiger partial charge in [0.05, 0.1) is 19.3 Å². The lowest BCUT2D eigenvalue weighted by Gasteiger charge is -2.29. The fraction of sp³-hybridized carbons (Fsp3) is 0.379. The summed E-state index contributed by atoms with van der Waals surface area (Å²) in [5, 5.41) is 11.2. The number of carbonyl (C=O) groups excluding carboxylic acids is 2. The van der Waals surface area contributed by atoms with Crippen molar-refractivity contribution in [2.45, 2.75) is 44.4 Å². The first-order chi connectivity index (χ1) is 22.4. The van der Waals surface area contributed by atoms with Crippen molar-refractivity contribution in [3.8, 4) is 5.75 Å². The average molecular weight is 678 g/mol. The van der Waals surface area contributed by atoms with Crippen LogP contribution in [-0.2, 0) is 28.4 Å². The van der Waals surface area contributed by atoms with Crippen LogP contribution in [0.4, 0.5) is 36.4 Å². The quantitative estimate of drug-likeness (QED) is 0.132. The van der Waals surface area contributed by atoms with Gasteiger partial charge in [-0.15, -0.1) is 0 Å². The number of hydrogen-bond acceptors (Lipinski definition) is 11. The molecule has 0 radical (unpaired) electrons. The number of thiol groups is 1. The maximum absolute atomic E-state index is 13.8. The SMILES string of the molecule is C=CC(=O)NC1CCC(CNC(=O)c2ccc(Nc3ncc(C(F)(F)F)c(NCc4nccnc4N(C)[SH](=O)=O)n3)c(OC)c2)CC1. The molecule has 47 heavy (non-hydrogen) atoms. The molecule has 0 bridgehead atoms. The van der Waals surface area contributed by atoms with Crippen molar-refractivity contribution >= 4 is 46.0 Å². The number of nitrogens with one attached hydrogen (secondary N) is 4. The number of ether oxygens (including phenoxy) is 1. The predicted octanol–water partition coefficient (Wildman–Crippen LogP) is 3.20. The third kappa shape index (κ3) is 9.27. The van der Waals surface area contributed by atoms with Gasteiger partial charge in [-0.3, -0.25) is 18.9 Å². The molecule has 14 nitrogen and oxygen atoms in total. The van der Waals surface area contributed by atoms with Crippen molar-refractivity contribution in [1.82, 2.24) is 30.6 Å². The summed E-state index contributed by atoms with van der Waals surface area (Å²) in [4.78, 5) is 40.2. The van der Waals surface area contributed by atoms with Crippen LogP contribution in [0.15, 0.2) is 49.4 Å². The van der Waals surface area contributed by atoms with Crippen molar-refractivity contribution in [3.05, 3.63) is 66.3 Å². The molecular formula is C29H34F3N9O5S. The van der Waals surface area contributed by atoms with Crippen molar-refractivity contribution < 1.29 is 35.9 Å². The smallest absolute Gasteiger partial charge is 0.421 e. The van der Waals surface area contributed by atoms with Crippen LogP contribution < -0.4 is 30.3 Å². The van der Waals surface area contributed by atoms with E-state index < -0.39 is 28.4 Å². The lowest BCUT2D eigenvalue weighted by Crippen LogP contribution is -2.39. The fourth-order valence-electron chi connectivity index (χ4n) is 4.95. The first-order valence-corrected chi connectivity index (χ1v) is 15.5. The summed E-state index contributed by atoms with van der Waals surface area (Å²) in [5.74, 6) is -0.918. The summed E-state index contributed by atoms with van der Waals surface area (Å²) in [6, 6.07) is 4.61. The van der Waals surface area contributed by atoms with Crippen LogP contribution in [0.5, 0.6) is 5.75 Å². The van der Waals surface area contributed by atoms with E-state index in [-0.39, 0.29) is 59.2 Å². The van der Waals surface area contributed by atoms with E-state index in [1.165, 1.54) is 50.8 Å². The van der Waals surface area contributed by atoms with Gasteiger partial charge in [0.2, 0.25) is 22.7 Å². The zero-order valence-corrected chi connectivity index (χ0v) is 26.4. The molecular weight excluding hydrogens is 643 g/mol. The second-order valence-corrected chi connectivity index (χ2v) is 11.7. The Kier molecular flexibility index (Phi) is 11.5. The molecule has 3 aromatic rings. The van der Waals surface area contributed by atoms with E-state index in [4.69, 9.17) is 4.74 Å². The zero-order chi connectivity index (χ0) is 34.1. The van der Waals surface area contributed by atoms with Crippen molar-refractivity contribution in [2.75, 3.05) is 35.6 Å². The minimum Gasteiger partial charge on any atom is -0.495 e. The molecule has 0 saturated heterocycles. The standard InChI is InChI=1S/C29H34F3N9O5S/c1-4-24(42)38-19-8-5-17(6-9-19)14-36-27(43)18-7-10-21(23(13-18)46-3)39-28-37-15-20(29(30,31)32)25(40-28)35-16-22-26(34-12-11-33-22)41(2)47(44)45/h4,7,10-13,15,17,19,47H,1,5-6,8-9,14,16H2,2-3H3,(H,36,43)(H,38,42)(H2,35,37,39,40). The highest BCUT2D eigenvalue weighted by atomic mass is 32.2. The molecule has 0 spiro atoms. The van der Waals surface area contributed by atoms with Crippen LogP contribution >= 0.6 is 0 Å². The van der Waals surface area contributed by atoms with Gasteiger partial charge in [0.15, 0.2) is 5.82 Å². The van der Waals surface area contributed by atoms with E-state index in [9.17, 15) is 31.2 Å². The second-order valence-electron chi connectivity index (χ2n) is 10.6. The number of benzene rings is 1. The minimum absolute atomic E-state index is 0.0624. The summed E-state index contributed by atoms with van der Waals surface area (Å²) < 4.78 is 70.5. The summed E-state index contributed by atoms with van der Waals surface area (Å²) in [7, 11) is -0.458. The molecule has 2 heterocycles. The van der Waals surface area contributed by atoms with E-state index in [1.54, 1.807) is 0 Å². The second kappa shape index (κ2) is 15.5. The highest BCUT2D eigenvalue weighted by molar-refractivity contribution is 7.74.